The van der Waals surface area contributed by atoms with Crippen molar-refractivity contribution in [2.24, 2.45) is 5.92 Å². The van der Waals surface area contributed by atoms with E-state index in [9.17, 15) is 4.39 Å². The van der Waals surface area contributed by atoms with Crippen LogP contribution in [0.4, 0.5) is 4.39 Å². The molecule has 3 rings (SSSR count). The van der Waals surface area contributed by atoms with Crippen molar-refractivity contribution < 1.29 is 4.39 Å². The number of halogens is 3. The summed E-state index contributed by atoms with van der Waals surface area (Å²) in [5, 5.41) is -0.113. The molecule has 0 bridgehead atoms. The Bertz CT molecular complexity index is 660. The highest BCUT2D eigenvalue weighted by Gasteiger charge is 2.27. The van der Waals surface area contributed by atoms with Crippen molar-refractivity contribution in [2.45, 2.75) is 50.9 Å². The van der Waals surface area contributed by atoms with E-state index in [1.165, 1.54) is 31.7 Å². The van der Waals surface area contributed by atoms with Gasteiger partial charge in [0, 0.05) is 12.1 Å². The number of rotatable bonds is 3. The lowest BCUT2D eigenvalue weighted by Gasteiger charge is -2.24. The summed E-state index contributed by atoms with van der Waals surface area (Å²) in [6, 6.07) is 3.35. The number of aromatic nitrogens is 2. The standard InChI is InChI=1S/C16H19Cl2FN2/c1-9(17)16-20-14-7-12(18)13(19)8-15(14)21(16)10(2)11-5-3-4-6-11/h7-11H,3-6H2,1-2H3. The maximum atomic E-state index is 13.9. The van der Waals surface area contributed by atoms with Crippen LogP contribution in [0.25, 0.3) is 11.0 Å². The molecule has 1 saturated carbocycles. The summed E-state index contributed by atoms with van der Waals surface area (Å²) < 4.78 is 16.0. The molecule has 2 aromatic rings. The van der Waals surface area contributed by atoms with Gasteiger partial charge in [0.25, 0.3) is 0 Å². The van der Waals surface area contributed by atoms with Crippen molar-refractivity contribution >= 4 is 34.2 Å². The number of benzene rings is 1. The van der Waals surface area contributed by atoms with Gasteiger partial charge in [-0.25, -0.2) is 9.37 Å². The van der Waals surface area contributed by atoms with Crippen LogP contribution in [-0.2, 0) is 0 Å². The van der Waals surface area contributed by atoms with Gasteiger partial charge in [0.05, 0.1) is 21.4 Å². The smallest absolute Gasteiger partial charge is 0.144 e. The van der Waals surface area contributed by atoms with E-state index < -0.39 is 5.82 Å². The Morgan fingerprint density at radius 3 is 2.57 bits per heavy atom. The minimum atomic E-state index is -0.405. The zero-order valence-electron chi connectivity index (χ0n) is 12.2. The summed E-state index contributed by atoms with van der Waals surface area (Å²) in [4.78, 5) is 4.59. The zero-order valence-corrected chi connectivity index (χ0v) is 13.8. The molecule has 2 unspecified atom stereocenters. The first kappa shape index (κ1) is 15.1. The number of imidazole rings is 1. The van der Waals surface area contributed by atoms with Gasteiger partial charge in [-0.05, 0) is 38.7 Å². The molecule has 0 N–H and O–H groups in total. The summed E-state index contributed by atoms with van der Waals surface area (Å²) in [7, 11) is 0. The second-order valence-electron chi connectivity index (χ2n) is 6.00. The largest absolute Gasteiger partial charge is 0.324 e. The zero-order chi connectivity index (χ0) is 15.1. The predicted octanol–water partition coefficient (Wildman–Crippen LogP) is 5.88. The van der Waals surface area contributed by atoms with Gasteiger partial charge in [0.15, 0.2) is 0 Å². The fraction of sp³-hybridized carbons (Fsp3) is 0.562. The molecule has 2 atom stereocenters. The molecular formula is C16H19Cl2FN2. The van der Waals surface area contributed by atoms with E-state index in [-0.39, 0.29) is 16.4 Å². The summed E-state index contributed by atoms with van der Waals surface area (Å²) >= 11 is 12.2. The van der Waals surface area contributed by atoms with Crippen LogP contribution in [0.5, 0.6) is 0 Å². The van der Waals surface area contributed by atoms with E-state index in [1.54, 1.807) is 6.07 Å². The van der Waals surface area contributed by atoms with E-state index >= 15 is 0 Å². The van der Waals surface area contributed by atoms with Crippen LogP contribution in [0.1, 0.15) is 56.8 Å². The molecule has 1 aromatic heterocycles. The Labute approximate surface area is 134 Å². The highest BCUT2D eigenvalue weighted by Crippen LogP contribution is 2.38. The number of alkyl halides is 1. The van der Waals surface area contributed by atoms with Gasteiger partial charge >= 0.3 is 0 Å². The molecule has 0 spiro atoms. The fourth-order valence-corrected chi connectivity index (χ4v) is 3.78. The molecule has 0 aliphatic heterocycles. The maximum Gasteiger partial charge on any atom is 0.144 e. The summed E-state index contributed by atoms with van der Waals surface area (Å²) in [5.41, 5.74) is 1.51. The quantitative estimate of drug-likeness (QED) is 0.643. The Kier molecular flexibility index (Phi) is 4.15. The van der Waals surface area contributed by atoms with Crippen molar-refractivity contribution in [1.82, 2.24) is 9.55 Å². The third-order valence-corrected chi connectivity index (χ3v) is 5.09. The van der Waals surface area contributed by atoms with Gasteiger partial charge in [-0.2, -0.15) is 0 Å². The molecule has 1 heterocycles. The van der Waals surface area contributed by atoms with E-state index in [4.69, 9.17) is 23.2 Å². The second-order valence-corrected chi connectivity index (χ2v) is 7.06. The van der Waals surface area contributed by atoms with Crippen LogP contribution >= 0.6 is 23.2 Å². The topological polar surface area (TPSA) is 17.8 Å². The summed E-state index contributed by atoms with van der Waals surface area (Å²) in [6.07, 6.45) is 4.97. The van der Waals surface area contributed by atoms with E-state index in [1.807, 2.05) is 6.92 Å². The van der Waals surface area contributed by atoms with Crippen LogP contribution in [0.2, 0.25) is 5.02 Å². The highest BCUT2D eigenvalue weighted by molar-refractivity contribution is 6.31. The highest BCUT2D eigenvalue weighted by atomic mass is 35.5. The molecule has 1 aliphatic carbocycles. The average molecular weight is 329 g/mol. The molecular weight excluding hydrogens is 310 g/mol. The molecule has 1 fully saturated rings. The normalized spacial score (nSPS) is 19.3. The van der Waals surface area contributed by atoms with Gasteiger partial charge in [0.2, 0.25) is 0 Å². The van der Waals surface area contributed by atoms with Crippen LogP contribution in [0, 0.1) is 11.7 Å². The molecule has 0 saturated heterocycles. The number of hydrogen-bond donors (Lipinski definition) is 0. The van der Waals surface area contributed by atoms with Crippen LogP contribution in [-0.4, -0.2) is 9.55 Å². The number of hydrogen-bond acceptors (Lipinski definition) is 1. The third-order valence-electron chi connectivity index (χ3n) is 4.60. The minimum Gasteiger partial charge on any atom is -0.324 e. The van der Waals surface area contributed by atoms with Gasteiger partial charge in [-0.3, -0.25) is 0 Å². The van der Waals surface area contributed by atoms with E-state index in [0.717, 1.165) is 11.3 Å². The first-order valence-electron chi connectivity index (χ1n) is 7.50. The Hall–Kier alpha value is -0.800. The monoisotopic (exact) mass is 328 g/mol. The van der Waals surface area contributed by atoms with E-state index in [2.05, 4.69) is 16.5 Å². The average Bonchev–Trinajstić information content (AvgIpc) is 3.06. The Balaban J connectivity index is 2.17. The molecule has 2 nitrogen and oxygen atoms in total. The van der Waals surface area contributed by atoms with Gasteiger partial charge in [0.1, 0.15) is 11.6 Å². The number of fused-ring (bicyclic) bond motifs is 1. The van der Waals surface area contributed by atoms with Crippen LogP contribution in [0.3, 0.4) is 0 Å². The van der Waals surface area contributed by atoms with Crippen LogP contribution in [0.15, 0.2) is 12.1 Å². The van der Waals surface area contributed by atoms with Crippen molar-refractivity contribution in [3.8, 4) is 0 Å². The fourth-order valence-electron chi connectivity index (χ4n) is 3.47. The molecule has 21 heavy (non-hydrogen) atoms. The molecule has 0 radical (unpaired) electrons. The second kappa shape index (κ2) is 5.77. The molecule has 5 heteroatoms. The van der Waals surface area contributed by atoms with Gasteiger partial charge < -0.3 is 4.57 Å². The van der Waals surface area contributed by atoms with Crippen molar-refractivity contribution in [3.63, 3.8) is 0 Å². The van der Waals surface area contributed by atoms with Gasteiger partial charge in [-0.1, -0.05) is 24.4 Å². The minimum absolute atomic E-state index is 0.106. The molecule has 1 aliphatic rings. The van der Waals surface area contributed by atoms with E-state index in [0.29, 0.717) is 11.4 Å². The summed E-state index contributed by atoms with van der Waals surface area (Å²) in [5.74, 6) is 1.00. The Morgan fingerprint density at radius 1 is 1.29 bits per heavy atom. The third kappa shape index (κ3) is 2.66. The predicted molar refractivity (Wildman–Crippen MR) is 85.6 cm³/mol. The van der Waals surface area contributed by atoms with Crippen molar-refractivity contribution in [3.05, 3.63) is 28.8 Å². The molecule has 0 amide bonds. The maximum absolute atomic E-state index is 13.9. The van der Waals surface area contributed by atoms with Crippen molar-refractivity contribution in [1.29, 1.82) is 0 Å². The molecule has 1 aromatic carbocycles. The van der Waals surface area contributed by atoms with Crippen LogP contribution < -0.4 is 0 Å². The summed E-state index contributed by atoms with van der Waals surface area (Å²) in [6.45, 7) is 4.09. The lowest BCUT2D eigenvalue weighted by molar-refractivity contribution is 0.359. The SMILES string of the molecule is CC(Cl)c1nc2cc(Cl)c(F)cc2n1C(C)C1CCCC1. The Morgan fingerprint density at radius 2 is 1.95 bits per heavy atom. The van der Waals surface area contributed by atoms with Crippen molar-refractivity contribution in [2.75, 3.05) is 0 Å². The van der Waals surface area contributed by atoms with Gasteiger partial charge in [-0.15, -0.1) is 11.6 Å². The first-order chi connectivity index (χ1) is 9.99. The first-order valence-corrected chi connectivity index (χ1v) is 8.31. The lowest BCUT2D eigenvalue weighted by atomic mass is 9.99. The molecule has 114 valence electrons. The number of nitrogens with zero attached hydrogens (tertiary/aromatic N) is 2. The lowest BCUT2D eigenvalue weighted by Crippen LogP contribution is -2.17.